The molecule has 0 aliphatic carbocycles. The van der Waals surface area contributed by atoms with Crippen molar-refractivity contribution in [2.75, 3.05) is 6.61 Å². The summed E-state index contributed by atoms with van der Waals surface area (Å²) >= 11 is 0. The molecule has 3 nitrogen and oxygen atoms in total. The highest BCUT2D eigenvalue weighted by atomic mass is 16.5. The number of hydrogen-bond donors (Lipinski definition) is 2. The molecule has 0 aromatic heterocycles. The number of ether oxygens (including phenoxy) is 1. The molecule has 0 aliphatic rings. The van der Waals surface area contributed by atoms with Crippen molar-refractivity contribution in [3.8, 4) is 5.75 Å². The van der Waals surface area contributed by atoms with E-state index in [4.69, 9.17) is 4.74 Å². The summed E-state index contributed by atoms with van der Waals surface area (Å²) in [6.07, 6.45) is 0.890. The van der Waals surface area contributed by atoms with Crippen molar-refractivity contribution < 1.29 is 9.84 Å². The topological polar surface area (TPSA) is 41.5 Å². The summed E-state index contributed by atoms with van der Waals surface area (Å²) in [4.78, 5) is 0. The Hall–Kier alpha value is -2.36. The summed E-state index contributed by atoms with van der Waals surface area (Å²) in [5.74, 6) is 0.896. The molecule has 0 saturated carbocycles. The molecular formula is C23H27NO2. The van der Waals surface area contributed by atoms with Gasteiger partial charge in [-0.15, -0.1) is 0 Å². The third-order valence-electron chi connectivity index (χ3n) is 4.92. The van der Waals surface area contributed by atoms with Gasteiger partial charge in [0.15, 0.2) is 0 Å². The van der Waals surface area contributed by atoms with Crippen molar-refractivity contribution >= 4 is 10.8 Å². The van der Waals surface area contributed by atoms with Crippen molar-refractivity contribution in [1.82, 2.24) is 5.32 Å². The van der Waals surface area contributed by atoms with E-state index in [2.05, 4.69) is 67.7 Å². The maximum atomic E-state index is 9.48. The van der Waals surface area contributed by atoms with Crippen LogP contribution in [0.5, 0.6) is 5.75 Å². The second-order valence-corrected chi connectivity index (χ2v) is 6.65. The first-order valence-electron chi connectivity index (χ1n) is 9.25. The lowest BCUT2D eigenvalue weighted by atomic mass is 10.0. The van der Waals surface area contributed by atoms with Crippen LogP contribution in [0.2, 0.25) is 0 Å². The highest BCUT2D eigenvalue weighted by Gasteiger charge is 2.12. The van der Waals surface area contributed by atoms with Gasteiger partial charge in [-0.2, -0.15) is 0 Å². The van der Waals surface area contributed by atoms with Gasteiger partial charge in [-0.05, 0) is 41.3 Å². The number of nitrogens with one attached hydrogen (secondary N) is 1. The van der Waals surface area contributed by atoms with Crippen LogP contribution in [-0.2, 0) is 13.2 Å². The zero-order valence-corrected chi connectivity index (χ0v) is 15.5. The van der Waals surface area contributed by atoms with Crippen LogP contribution in [0, 0.1) is 6.92 Å². The number of aliphatic hydroxyl groups is 1. The van der Waals surface area contributed by atoms with Gasteiger partial charge in [0.1, 0.15) is 12.4 Å². The van der Waals surface area contributed by atoms with Crippen molar-refractivity contribution in [2.45, 2.75) is 39.5 Å². The van der Waals surface area contributed by atoms with Crippen LogP contribution >= 0.6 is 0 Å². The fraction of sp³-hybridized carbons (Fsp3) is 0.304. The van der Waals surface area contributed by atoms with E-state index in [1.165, 1.54) is 21.9 Å². The highest BCUT2D eigenvalue weighted by Crippen LogP contribution is 2.29. The lowest BCUT2D eigenvalue weighted by Gasteiger charge is -2.19. The standard InChI is InChI=1S/C23H27NO2/c1-3-20(15-25)24-14-22-21-11-7-6-9-18(21)12-13-23(22)26-16-19-10-5-4-8-17(19)2/h4-13,20,24-25H,3,14-16H2,1-2H3/t20-/m1/s1. The van der Waals surface area contributed by atoms with E-state index < -0.39 is 0 Å². The summed E-state index contributed by atoms with van der Waals surface area (Å²) < 4.78 is 6.21. The van der Waals surface area contributed by atoms with Gasteiger partial charge in [0.2, 0.25) is 0 Å². The summed E-state index contributed by atoms with van der Waals surface area (Å²) in [7, 11) is 0. The molecule has 0 unspecified atom stereocenters. The van der Waals surface area contributed by atoms with Gasteiger partial charge < -0.3 is 15.2 Å². The van der Waals surface area contributed by atoms with Crippen LogP contribution in [0.4, 0.5) is 0 Å². The molecule has 0 aliphatic heterocycles. The molecule has 1 atom stereocenters. The Morgan fingerprint density at radius 2 is 1.77 bits per heavy atom. The molecular weight excluding hydrogens is 322 g/mol. The Morgan fingerprint density at radius 1 is 1.00 bits per heavy atom. The number of fused-ring (bicyclic) bond motifs is 1. The minimum Gasteiger partial charge on any atom is -0.489 e. The summed E-state index contributed by atoms with van der Waals surface area (Å²) in [6, 6.07) is 20.9. The molecule has 0 bridgehead atoms. The second kappa shape index (κ2) is 8.84. The van der Waals surface area contributed by atoms with Crippen LogP contribution in [0.1, 0.15) is 30.0 Å². The van der Waals surface area contributed by atoms with Gasteiger partial charge in [-0.3, -0.25) is 0 Å². The molecule has 0 spiro atoms. The fourth-order valence-corrected chi connectivity index (χ4v) is 3.15. The zero-order valence-electron chi connectivity index (χ0n) is 15.5. The molecule has 0 heterocycles. The molecule has 2 N–H and O–H groups in total. The Bertz CT molecular complexity index is 856. The SMILES string of the molecule is CC[C@H](CO)NCc1c(OCc2ccccc2C)ccc2ccccc12. The maximum absolute atomic E-state index is 9.48. The average Bonchev–Trinajstić information content (AvgIpc) is 2.68. The quantitative estimate of drug-likeness (QED) is 0.625. The zero-order chi connectivity index (χ0) is 18.4. The monoisotopic (exact) mass is 349 g/mol. The van der Waals surface area contributed by atoms with E-state index in [0.717, 1.165) is 17.7 Å². The number of aryl methyl sites for hydroxylation is 1. The van der Waals surface area contributed by atoms with Crippen LogP contribution in [-0.4, -0.2) is 17.8 Å². The molecule has 0 radical (unpaired) electrons. The average molecular weight is 349 g/mol. The van der Waals surface area contributed by atoms with Crippen LogP contribution in [0.15, 0.2) is 60.7 Å². The van der Waals surface area contributed by atoms with E-state index in [9.17, 15) is 5.11 Å². The predicted octanol–water partition coefficient (Wildman–Crippen LogP) is 4.59. The number of aliphatic hydroxyl groups excluding tert-OH is 1. The minimum absolute atomic E-state index is 0.0955. The molecule has 3 rings (SSSR count). The molecule has 3 aromatic rings. The smallest absolute Gasteiger partial charge is 0.124 e. The molecule has 0 saturated heterocycles. The Kier molecular flexibility index (Phi) is 6.26. The molecule has 0 fully saturated rings. The number of benzene rings is 3. The summed E-state index contributed by atoms with van der Waals surface area (Å²) in [5, 5.41) is 15.3. The maximum Gasteiger partial charge on any atom is 0.124 e. The van der Waals surface area contributed by atoms with E-state index in [0.29, 0.717) is 13.2 Å². The van der Waals surface area contributed by atoms with Crippen molar-refractivity contribution in [2.24, 2.45) is 0 Å². The van der Waals surface area contributed by atoms with Gasteiger partial charge in [0.05, 0.1) is 6.61 Å². The van der Waals surface area contributed by atoms with Crippen LogP contribution < -0.4 is 10.1 Å². The lowest BCUT2D eigenvalue weighted by molar-refractivity contribution is 0.237. The van der Waals surface area contributed by atoms with Crippen LogP contribution in [0.3, 0.4) is 0 Å². The molecule has 136 valence electrons. The fourth-order valence-electron chi connectivity index (χ4n) is 3.15. The highest BCUT2D eigenvalue weighted by molar-refractivity contribution is 5.87. The number of hydrogen-bond acceptors (Lipinski definition) is 3. The van der Waals surface area contributed by atoms with Crippen molar-refractivity contribution in [1.29, 1.82) is 0 Å². The van der Waals surface area contributed by atoms with Gasteiger partial charge in [-0.25, -0.2) is 0 Å². The van der Waals surface area contributed by atoms with Crippen molar-refractivity contribution in [3.63, 3.8) is 0 Å². The largest absolute Gasteiger partial charge is 0.489 e. The van der Waals surface area contributed by atoms with Gasteiger partial charge >= 0.3 is 0 Å². The van der Waals surface area contributed by atoms with Crippen LogP contribution in [0.25, 0.3) is 10.8 Å². The van der Waals surface area contributed by atoms with E-state index in [1.54, 1.807) is 0 Å². The van der Waals surface area contributed by atoms with Gasteiger partial charge in [0.25, 0.3) is 0 Å². The Labute approximate surface area is 155 Å². The number of rotatable bonds is 8. The van der Waals surface area contributed by atoms with E-state index in [-0.39, 0.29) is 12.6 Å². The third kappa shape index (κ3) is 4.24. The lowest BCUT2D eigenvalue weighted by Crippen LogP contribution is -2.31. The minimum atomic E-state index is 0.0955. The van der Waals surface area contributed by atoms with Gasteiger partial charge in [-0.1, -0.05) is 61.5 Å². The normalized spacial score (nSPS) is 12.3. The summed E-state index contributed by atoms with van der Waals surface area (Å²) in [5.41, 5.74) is 3.57. The second-order valence-electron chi connectivity index (χ2n) is 6.65. The Morgan fingerprint density at radius 3 is 2.54 bits per heavy atom. The van der Waals surface area contributed by atoms with E-state index >= 15 is 0 Å². The molecule has 3 aromatic carbocycles. The molecule has 0 amide bonds. The Balaban J connectivity index is 1.88. The first kappa shape index (κ1) is 18.4. The third-order valence-corrected chi connectivity index (χ3v) is 4.92. The first-order valence-corrected chi connectivity index (χ1v) is 9.25. The molecule has 3 heteroatoms. The predicted molar refractivity (Wildman–Crippen MR) is 107 cm³/mol. The van der Waals surface area contributed by atoms with Crippen molar-refractivity contribution in [3.05, 3.63) is 77.4 Å². The van der Waals surface area contributed by atoms with Gasteiger partial charge in [0, 0.05) is 18.2 Å². The van der Waals surface area contributed by atoms with E-state index in [1.807, 2.05) is 12.1 Å². The summed E-state index contributed by atoms with van der Waals surface area (Å²) in [6.45, 7) is 5.54. The molecule has 26 heavy (non-hydrogen) atoms. The first-order chi connectivity index (χ1) is 12.7.